The molecule has 0 saturated heterocycles. The van der Waals surface area contributed by atoms with Crippen LogP contribution in [0, 0.1) is 0 Å². The lowest BCUT2D eigenvalue weighted by Gasteiger charge is -2.17. The number of carboxylic acid groups (broad SMARTS) is 1. The molecule has 0 radical (unpaired) electrons. The van der Waals surface area contributed by atoms with Gasteiger partial charge in [0, 0.05) is 12.6 Å². The van der Waals surface area contributed by atoms with Gasteiger partial charge >= 0.3 is 5.97 Å². The summed E-state index contributed by atoms with van der Waals surface area (Å²) in [6, 6.07) is 3.13. The predicted octanol–water partition coefficient (Wildman–Crippen LogP) is 2.40. The number of hydrogen-bond acceptors (Lipinski definition) is 4. The highest BCUT2D eigenvalue weighted by Crippen LogP contribution is 2.37. The molecule has 1 N–H and O–H groups in total. The lowest BCUT2D eigenvalue weighted by atomic mass is 10.1. The molecule has 1 aromatic carbocycles. The van der Waals surface area contributed by atoms with Crippen molar-refractivity contribution in [1.29, 1.82) is 0 Å². The Balaban J connectivity index is 3.07. The van der Waals surface area contributed by atoms with Crippen molar-refractivity contribution in [3.05, 3.63) is 22.2 Å². The summed E-state index contributed by atoms with van der Waals surface area (Å²) < 4.78 is 11.4. The topological polar surface area (TPSA) is 76.1 Å². The zero-order valence-corrected chi connectivity index (χ0v) is 13.8. The summed E-state index contributed by atoms with van der Waals surface area (Å²) in [5.74, 6) is -0.528. The van der Waals surface area contributed by atoms with Crippen molar-refractivity contribution in [2.45, 2.75) is 13.3 Å². The molecular formula is C14H18BrNO5. The number of ether oxygens (including phenoxy) is 2. The van der Waals surface area contributed by atoms with E-state index in [1.54, 1.807) is 6.07 Å². The molecule has 1 aromatic rings. The zero-order valence-electron chi connectivity index (χ0n) is 12.2. The van der Waals surface area contributed by atoms with Gasteiger partial charge in [-0.05, 0) is 34.5 Å². The third kappa shape index (κ3) is 4.63. The molecule has 1 rings (SSSR count). The van der Waals surface area contributed by atoms with E-state index in [9.17, 15) is 9.59 Å². The number of amides is 1. The molecule has 116 valence electrons. The van der Waals surface area contributed by atoms with Crippen LogP contribution in [0.15, 0.2) is 16.6 Å². The second-order valence-electron chi connectivity index (χ2n) is 4.39. The van der Waals surface area contributed by atoms with Gasteiger partial charge < -0.3 is 19.5 Å². The Bertz CT molecular complexity index is 532. The number of likely N-dealkylation sites (N-methyl/N-ethyl adjacent to an activating group) is 1. The quantitative estimate of drug-likeness (QED) is 0.808. The van der Waals surface area contributed by atoms with Gasteiger partial charge in [0.15, 0.2) is 11.5 Å². The van der Waals surface area contributed by atoms with Crippen LogP contribution < -0.4 is 9.47 Å². The molecule has 0 unspecified atom stereocenters. The smallest absolute Gasteiger partial charge is 0.323 e. The highest BCUT2D eigenvalue weighted by Gasteiger charge is 2.19. The summed E-state index contributed by atoms with van der Waals surface area (Å²) in [5, 5.41) is 8.73. The lowest BCUT2D eigenvalue weighted by molar-refractivity contribution is -0.137. The van der Waals surface area contributed by atoms with Gasteiger partial charge in [-0.1, -0.05) is 6.92 Å². The number of rotatable bonds is 7. The van der Waals surface area contributed by atoms with E-state index in [-0.39, 0.29) is 6.54 Å². The van der Waals surface area contributed by atoms with E-state index < -0.39 is 11.9 Å². The van der Waals surface area contributed by atoms with Crippen LogP contribution in [0.3, 0.4) is 0 Å². The molecule has 0 fully saturated rings. The van der Waals surface area contributed by atoms with Crippen LogP contribution >= 0.6 is 15.9 Å². The molecular weight excluding hydrogens is 342 g/mol. The first kappa shape index (κ1) is 17.3. The van der Waals surface area contributed by atoms with Crippen LogP contribution in [-0.4, -0.2) is 49.2 Å². The summed E-state index contributed by atoms with van der Waals surface area (Å²) in [6.45, 7) is 2.15. The van der Waals surface area contributed by atoms with Gasteiger partial charge in [0.25, 0.3) is 5.91 Å². The van der Waals surface area contributed by atoms with E-state index in [1.807, 2.05) is 6.92 Å². The maximum atomic E-state index is 12.2. The number of carbonyl (C=O) groups is 2. The Kier molecular flexibility index (Phi) is 6.48. The molecule has 0 aromatic heterocycles. The van der Waals surface area contributed by atoms with Gasteiger partial charge in [-0.15, -0.1) is 0 Å². The molecule has 0 aliphatic carbocycles. The Morgan fingerprint density at radius 1 is 1.38 bits per heavy atom. The number of carbonyl (C=O) groups excluding carboxylic acids is 1. The van der Waals surface area contributed by atoms with E-state index >= 15 is 0 Å². The number of hydrogen-bond donors (Lipinski definition) is 1. The van der Waals surface area contributed by atoms with Crippen LogP contribution in [0.4, 0.5) is 0 Å². The summed E-state index contributed by atoms with van der Waals surface area (Å²) in [4.78, 5) is 24.0. The van der Waals surface area contributed by atoms with Crippen LogP contribution in [-0.2, 0) is 4.79 Å². The fourth-order valence-corrected chi connectivity index (χ4v) is 2.24. The zero-order chi connectivity index (χ0) is 16.0. The van der Waals surface area contributed by atoms with E-state index in [1.165, 1.54) is 20.2 Å². The summed E-state index contributed by atoms with van der Waals surface area (Å²) in [6.07, 6.45) is 0.845. The Morgan fingerprint density at radius 3 is 2.57 bits per heavy atom. The fraction of sp³-hybridized carbons (Fsp3) is 0.429. The lowest BCUT2D eigenvalue weighted by Crippen LogP contribution is -2.31. The summed E-state index contributed by atoms with van der Waals surface area (Å²) in [5.41, 5.74) is 0.325. The Morgan fingerprint density at radius 2 is 2.05 bits per heavy atom. The van der Waals surface area contributed by atoms with Gasteiger partial charge in [0.2, 0.25) is 0 Å². The molecule has 0 saturated carbocycles. The van der Waals surface area contributed by atoms with Gasteiger partial charge in [0.1, 0.15) is 6.54 Å². The van der Waals surface area contributed by atoms with E-state index in [4.69, 9.17) is 14.6 Å². The molecule has 0 bridgehead atoms. The molecule has 21 heavy (non-hydrogen) atoms. The van der Waals surface area contributed by atoms with Gasteiger partial charge in [-0.25, -0.2) is 0 Å². The monoisotopic (exact) mass is 359 g/mol. The van der Waals surface area contributed by atoms with Crippen molar-refractivity contribution >= 4 is 27.8 Å². The highest BCUT2D eigenvalue weighted by molar-refractivity contribution is 9.10. The number of benzene rings is 1. The second-order valence-corrected chi connectivity index (χ2v) is 5.25. The number of nitrogens with zero attached hydrogens (tertiary/aromatic N) is 1. The van der Waals surface area contributed by atoms with E-state index in [0.717, 1.165) is 11.3 Å². The van der Waals surface area contributed by atoms with Crippen molar-refractivity contribution in [1.82, 2.24) is 4.90 Å². The van der Waals surface area contributed by atoms with Crippen LogP contribution in [0.5, 0.6) is 11.5 Å². The van der Waals surface area contributed by atoms with E-state index in [0.29, 0.717) is 28.1 Å². The first-order valence-corrected chi connectivity index (χ1v) is 7.17. The van der Waals surface area contributed by atoms with Gasteiger partial charge in [0.05, 0.1) is 18.2 Å². The summed E-state index contributed by atoms with van der Waals surface area (Å²) in [7, 11) is 2.91. The Labute approximate surface area is 131 Å². The highest BCUT2D eigenvalue weighted by atomic mass is 79.9. The average Bonchev–Trinajstić information content (AvgIpc) is 2.43. The SMILES string of the molecule is CCCOc1c(Br)cc(C(=O)N(C)CC(=O)O)cc1OC. The maximum Gasteiger partial charge on any atom is 0.323 e. The standard InChI is InChI=1S/C14H18BrNO5/c1-4-5-21-13-10(15)6-9(7-11(13)20-3)14(19)16(2)8-12(17)18/h6-7H,4-5,8H2,1-3H3,(H,17,18). The van der Waals surface area contributed by atoms with Crippen molar-refractivity contribution in [2.24, 2.45) is 0 Å². The number of halogens is 1. The predicted molar refractivity (Wildman–Crippen MR) is 81.1 cm³/mol. The minimum atomic E-state index is -1.07. The first-order chi connectivity index (χ1) is 9.90. The number of carboxylic acids is 1. The third-order valence-electron chi connectivity index (χ3n) is 2.65. The van der Waals surface area contributed by atoms with Gasteiger partial charge in [-0.2, -0.15) is 0 Å². The van der Waals surface area contributed by atoms with Crippen molar-refractivity contribution in [2.75, 3.05) is 27.3 Å². The number of aliphatic carboxylic acids is 1. The first-order valence-electron chi connectivity index (χ1n) is 6.38. The maximum absolute atomic E-state index is 12.2. The van der Waals surface area contributed by atoms with Crippen molar-refractivity contribution in [3.63, 3.8) is 0 Å². The molecule has 0 aliphatic rings. The molecule has 0 aliphatic heterocycles. The van der Waals surface area contributed by atoms with Crippen LogP contribution in [0.25, 0.3) is 0 Å². The second kappa shape index (κ2) is 7.87. The third-order valence-corrected chi connectivity index (χ3v) is 3.24. The normalized spacial score (nSPS) is 10.1. The summed E-state index contributed by atoms with van der Waals surface area (Å²) >= 11 is 3.35. The molecule has 0 spiro atoms. The minimum Gasteiger partial charge on any atom is -0.493 e. The van der Waals surface area contributed by atoms with E-state index in [2.05, 4.69) is 15.9 Å². The van der Waals surface area contributed by atoms with Crippen molar-refractivity contribution in [3.8, 4) is 11.5 Å². The Hall–Kier alpha value is -1.76. The molecule has 0 heterocycles. The molecule has 1 amide bonds. The molecule has 0 atom stereocenters. The molecule has 6 nitrogen and oxygen atoms in total. The largest absolute Gasteiger partial charge is 0.493 e. The van der Waals surface area contributed by atoms with Crippen LogP contribution in [0.1, 0.15) is 23.7 Å². The van der Waals surface area contributed by atoms with Crippen molar-refractivity contribution < 1.29 is 24.2 Å². The minimum absolute atomic E-state index is 0.325. The molecule has 7 heteroatoms. The van der Waals surface area contributed by atoms with Crippen LogP contribution in [0.2, 0.25) is 0 Å². The number of methoxy groups -OCH3 is 1. The fourth-order valence-electron chi connectivity index (χ4n) is 1.68. The van der Waals surface area contributed by atoms with Gasteiger partial charge in [-0.3, -0.25) is 9.59 Å². The average molecular weight is 360 g/mol.